The van der Waals surface area contributed by atoms with Crippen LogP contribution in [-0.2, 0) is 0 Å². The van der Waals surface area contributed by atoms with Gasteiger partial charge in [-0.3, -0.25) is 4.57 Å². The Balaban J connectivity index is 1.57. The van der Waals surface area contributed by atoms with Crippen LogP contribution in [0.15, 0.2) is 73.1 Å². The van der Waals surface area contributed by atoms with Crippen LogP contribution in [-0.4, -0.2) is 9.55 Å². The minimum absolute atomic E-state index is 0.630. The van der Waals surface area contributed by atoms with Crippen LogP contribution in [0.3, 0.4) is 0 Å². The number of benzene rings is 3. The molecule has 2 aromatic heterocycles. The molecule has 2 nitrogen and oxygen atoms in total. The fraction of sp³-hybridized carbons (Fsp3) is 0.364. The van der Waals surface area contributed by atoms with E-state index < -0.39 is 0 Å². The second-order valence-corrected chi connectivity index (χ2v) is 11.9. The standard InChI is InChI=1S/C33H34N2S/c1-4-12-23(13-5-1)27-22-28(24-14-6-2-7-15-24)32-30(26-18-10-11-19-29(26)36-32)31(27)35-21-20-34-33(35)25-16-8-3-9-17-25/h3,8-11,16-24H,1-2,4-7,12-15H2. The smallest absolute Gasteiger partial charge is 0.144 e. The number of rotatable bonds is 4. The molecule has 0 radical (unpaired) electrons. The molecule has 2 aliphatic carbocycles. The van der Waals surface area contributed by atoms with E-state index in [0.29, 0.717) is 11.8 Å². The van der Waals surface area contributed by atoms with Crippen molar-refractivity contribution in [1.29, 1.82) is 0 Å². The Hall–Kier alpha value is -2.91. The van der Waals surface area contributed by atoms with Gasteiger partial charge in [-0.25, -0.2) is 4.98 Å². The van der Waals surface area contributed by atoms with Gasteiger partial charge in [0.15, 0.2) is 0 Å². The minimum atomic E-state index is 0.630. The highest BCUT2D eigenvalue weighted by molar-refractivity contribution is 7.26. The maximum absolute atomic E-state index is 4.90. The van der Waals surface area contributed by atoms with Crippen LogP contribution in [0.4, 0.5) is 0 Å². The average Bonchev–Trinajstić information content (AvgIpc) is 3.59. The van der Waals surface area contributed by atoms with E-state index in [1.165, 1.54) is 95.6 Å². The van der Waals surface area contributed by atoms with Gasteiger partial charge in [-0.2, -0.15) is 0 Å². The highest BCUT2D eigenvalue weighted by Crippen LogP contribution is 2.49. The van der Waals surface area contributed by atoms with E-state index >= 15 is 0 Å². The highest BCUT2D eigenvalue weighted by atomic mass is 32.1. The van der Waals surface area contributed by atoms with Crippen molar-refractivity contribution in [3.8, 4) is 17.1 Å². The molecule has 182 valence electrons. The predicted molar refractivity (Wildman–Crippen MR) is 154 cm³/mol. The molecule has 2 saturated carbocycles. The number of hydrogen-bond acceptors (Lipinski definition) is 2. The SMILES string of the molecule is c1ccc(-c2nccn2-c2c(C3CCCCC3)cc(C3CCCCC3)c3sc4ccccc4c23)cc1. The topological polar surface area (TPSA) is 17.8 Å². The lowest BCUT2D eigenvalue weighted by atomic mass is 9.78. The average molecular weight is 491 g/mol. The lowest BCUT2D eigenvalue weighted by molar-refractivity contribution is 0.436. The molecule has 0 unspecified atom stereocenters. The van der Waals surface area contributed by atoms with Crippen molar-refractivity contribution in [2.24, 2.45) is 0 Å². The molecule has 36 heavy (non-hydrogen) atoms. The molecule has 3 aromatic carbocycles. The van der Waals surface area contributed by atoms with Crippen LogP contribution < -0.4 is 0 Å². The first-order chi connectivity index (χ1) is 17.9. The number of thiophene rings is 1. The molecule has 2 fully saturated rings. The van der Waals surface area contributed by atoms with Crippen LogP contribution in [0.1, 0.15) is 87.2 Å². The monoisotopic (exact) mass is 490 g/mol. The summed E-state index contributed by atoms with van der Waals surface area (Å²) in [4.78, 5) is 4.90. The van der Waals surface area contributed by atoms with Gasteiger partial charge in [0.25, 0.3) is 0 Å². The molecule has 0 N–H and O–H groups in total. The fourth-order valence-corrected chi connectivity index (χ4v) is 8.21. The Morgan fingerprint density at radius 2 is 1.39 bits per heavy atom. The number of fused-ring (bicyclic) bond motifs is 3. The molecule has 5 aromatic rings. The first-order valence-electron chi connectivity index (χ1n) is 14.0. The first-order valence-corrected chi connectivity index (χ1v) is 14.8. The zero-order valence-corrected chi connectivity index (χ0v) is 21.8. The van der Waals surface area contributed by atoms with Gasteiger partial charge >= 0.3 is 0 Å². The maximum atomic E-state index is 4.90. The largest absolute Gasteiger partial charge is 0.299 e. The molecule has 0 aliphatic heterocycles. The molecule has 0 atom stereocenters. The zero-order chi connectivity index (χ0) is 23.9. The number of nitrogens with zero attached hydrogens (tertiary/aromatic N) is 2. The van der Waals surface area contributed by atoms with E-state index in [9.17, 15) is 0 Å². The van der Waals surface area contributed by atoms with Gasteiger partial charge in [-0.05, 0) is 54.7 Å². The van der Waals surface area contributed by atoms with Crippen molar-refractivity contribution in [2.75, 3.05) is 0 Å². The van der Waals surface area contributed by atoms with Crippen LogP contribution in [0.2, 0.25) is 0 Å². The second-order valence-electron chi connectivity index (χ2n) is 10.9. The molecule has 3 heteroatoms. The lowest BCUT2D eigenvalue weighted by Gasteiger charge is -2.29. The van der Waals surface area contributed by atoms with Crippen molar-refractivity contribution in [3.63, 3.8) is 0 Å². The maximum Gasteiger partial charge on any atom is 0.144 e. The Labute approximate surface area is 218 Å². The molecule has 7 rings (SSSR count). The molecular weight excluding hydrogens is 456 g/mol. The van der Waals surface area contributed by atoms with Crippen LogP contribution in [0, 0.1) is 0 Å². The molecular formula is C33H34N2S. The third kappa shape index (κ3) is 3.80. The number of aromatic nitrogens is 2. The summed E-state index contributed by atoms with van der Waals surface area (Å²) >= 11 is 2.02. The molecule has 2 heterocycles. The number of hydrogen-bond donors (Lipinski definition) is 0. The summed E-state index contributed by atoms with van der Waals surface area (Å²) in [5.74, 6) is 2.38. The number of imidazole rings is 1. The summed E-state index contributed by atoms with van der Waals surface area (Å²) in [6.45, 7) is 0. The Morgan fingerprint density at radius 1 is 0.722 bits per heavy atom. The van der Waals surface area contributed by atoms with Gasteiger partial charge in [0.05, 0.1) is 5.69 Å². The summed E-state index contributed by atoms with van der Waals surface area (Å²) in [5.41, 5.74) is 5.78. The van der Waals surface area contributed by atoms with E-state index in [1.807, 2.05) is 17.5 Å². The summed E-state index contributed by atoms with van der Waals surface area (Å²) in [6.07, 6.45) is 17.7. The van der Waals surface area contributed by atoms with Gasteiger partial charge in [-0.1, -0.05) is 93.1 Å². The van der Waals surface area contributed by atoms with Gasteiger partial charge in [0.2, 0.25) is 0 Å². The van der Waals surface area contributed by atoms with Gasteiger partial charge in [-0.15, -0.1) is 11.3 Å². The molecule has 0 bridgehead atoms. The lowest BCUT2D eigenvalue weighted by Crippen LogP contribution is -2.12. The Kier molecular flexibility index (Phi) is 5.90. The van der Waals surface area contributed by atoms with Crippen molar-refractivity contribution in [3.05, 3.63) is 84.2 Å². The van der Waals surface area contributed by atoms with Gasteiger partial charge in [0.1, 0.15) is 5.82 Å². The summed E-state index contributed by atoms with van der Waals surface area (Å²) in [7, 11) is 0. The summed E-state index contributed by atoms with van der Waals surface area (Å²) in [6, 6.07) is 22.5. The fourth-order valence-electron chi connectivity index (χ4n) is 6.92. The molecule has 0 spiro atoms. The van der Waals surface area contributed by atoms with E-state index in [-0.39, 0.29) is 0 Å². The van der Waals surface area contributed by atoms with Crippen molar-refractivity contribution in [1.82, 2.24) is 9.55 Å². The normalized spacial score (nSPS) is 17.8. The van der Waals surface area contributed by atoms with Crippen LogP contribution >= 0.6 is 11.3 Å². The van der Waals surface area contributed by atoms with Crippen LogP contribution in [0.5, 0.6) is 0 Å². The van der Waals surface area contributed by atoms with E-state index in [2.05, 4.69) is 71.4 Å². The molecule has 0 amide bonds. The van der Waals surface area contributed by atoms with E-state index in [4.69, 9.17) is 4.98 Å². The van der Waals surface area contributed by atoms with Crippen molar-refractivity contribution < 1.29 is 0 Å². The predicted octanol–water partition coefficient (Wildman–Crippen LogP) is 10.0. The van der Waals surface area contributed by atoms with E-state index in [0.717, 1.165) is 5.82 Å². The quantitative estimate of drug-likeness (QED) is 0.245. The summed E-state index contributed by atoms with van der Waals surface area (Å²) < 4.78 is 5.35. The first kappa shape index (κ1) is 22.3. The minimum Gasteiger partial charge on any atom is -0.299 e. The second kappa shape index (κ2) is 9.52. The van der Waals surface area contributed by atoms with Crippen molar-refractivity contribution in [2.45, 2.75) is 76.0 Å². The Morgan fingerprint density at radius 3 is 2.14 bits per heavy atom. The zero-order valence-electron chi connectivity index (χ0n) is 21.0. The molecule has 2 aliphatic rings. The molecule has 0 saturated heterocycles. The van der Waals surface area contributed by atoms with Gasteiger partial charge < -0.3 is 0 Å². The third-order valence-corrected chi connectivity index (χ3v) is 9.90. The van der Waals surface area contributed by atoms with Gasteiger partial charge in [0, 0.05) is 38.1 Å². The Bertz CT molecular complexity index is 1500. The highest BCUT2D eigenvalue weighted by Gasteiger charge is 2.28. The summed E-state index contributed by atoms with van der Waals surface area (Å²) in [5, 5.41) is 2.88. The van der Waals surface area contributed by atoms with Crippen LogP contribution in [0.25, 0.3) is 37.2 Å². The van der Waals surface area contributed by atoms with E-state index in [1.54, 1.807) is 11.1 Å². The van der Waals surface area contributed by atoms with Crippen molar-refractivity contribution >= 4 is 31.5 Å². The third-order valence-electron chi connectivity index (χ3n) is 8.68.